The number of alkyl halides is 3. The molecule has 0 aliphatic rings. The van der Waals surface area contributed by atoms with Crippen molar-refractivity contribution in [2.24, 2.45) is 0 Å². The van der Waals surface area contributed by atoms with Gasteiger partial charge < -0.3 is 15.0 Å². The average Bonchev–Trinajstić information content (AvgIpc) is 2.75. The Kier molecular flexibility index (Phi) is 7.42. The standard InChI is InChI=1S/C25H24F3N3O4/c1-14-5-4-6-15(2)24(14)19-9-17(11-29-16(19)3)20(10-23(34)35)30-21(32)13-31-12-18(25(26,27)28)7-8-22(31)33/h4-9,11-12,20H,10,13H2,1-3H3,(H,30,32)(H,34,35). The largest absolute Gasteiger partial charge is 0.481 e. The number of pyridine rings is 2. The molecule has 0 aliphatic heterocycles. The first-order chi connectivity index (χ1) is 16.4. The molecule has 1 atom stereocenters. The van der Waals surface area contributed by atoms with E-state index in [9.17, 15) is 32.7 Å². The first-order valence-corrected chi connectivity index (χ1v) is 10.7. The maximum atomic E-state index is 13.0. The molecule has 2 N–H and O–H groups in total. The van der Waals surface area contributed by atoms with Crippen LogP contribution in [0.2, 0.25) is 0 Å². The van der Waals surface area contributed by atoms with E-state index in [-0.39, 0.29) is 0 Å². The van der Waals surface area contributed by atoms with Gasteiger partial charge in [0, 0.05) is 29.7 Å². The Bertz CT molecular complexity index is 1310. The van der Waals surface area contributed by atoms with E-state index in [4.69, 9.17) is 0 Å². The van der Waals surface area contributed by atoms with Gasteiger partial charge in [-0.15, -0.1) is 0 Å². The van der Waals surface area contributed by atoms with Crippen molar-refractivity contribution in [2.45, 2.75) is 46.0 Å². The van der Waals surface area contributed by atoms with Gasteiger partial charge in [0.15, 0.2) is 0 Å². The Balaban J connectivity index is 1.93. The summed E-state index contributed by atoms with van der Waals surface area (Å²) in [5, 5.41) is 11.9. The third-order valence-electron chi connectivity index (χ3n) is 5.60. The summed E-state index contributed by atoms with van der Waals surface area (Å²) in [5.41, 5.74) is 2.96. The number of aromatic nitrogens is 2. The van der Waals surface area contributed by atoms with Crippen LogP contribution in [0.1, 0.15) is 40.4 Å². The first kappa shape index (κ1) is 25.7. The highest BCUT2D eigenvalue weighted by molar-refractivity contribution is 5.78. The predicted molar refractivity (Wildman–Crippen MR) is 123 cm³/mol. The molecule has 0 aliphatic carbocycles. The lowest BCUT2D eigenvalue weighted by atomic mass is 9.92. The number of rotatable bonds is 7. The van der Waals surface area contributed by atoms with Gasteiger partial charge in [0.05, 0.1) is 18.0 Å². The second-order valence-corrected chi connectivity index (χ2v) is 8.27. The third kappa shape index (κ3) is 6.14. The third-order valence-corrected chi connectivity index (χ3v) is 5.60. The summed E-state index contributed by atoms with van der Waals surface area (Å²) in [6.45, 7) is 4.99. The Morgan fingerprint density at radius 2 is 1.77 bits per heavy atom. The van der Waals surface area contributed by atoms with Gasteiger partial charge in [-0.2, -0.15) is 13.2 Å². The maximum absolute atomic E-state index is 13.0. The average molecular weight is 487 g/mol. The second kappa shape index (κ2) is 10.1. The molecule has 0 saturated carbocycles. The molecular weight excluding hydrogens is 463 g/mol. The number of halogens is 3. The van der Waals surface area contributed by atoms with Crippen LogP contribution in [0.25, 0.3) is 11.1 Å². The minimum atomic E-state index is -4.69. The van der Waals surface area contributed by atoms with Crippen LogP contribution >= 0.6 is 0 Å². The van der Waals surface area contributed by atoms with Gasteiger partial charge in [0.25, 0.3) is 5.56 Å². The van der Waals surface area contributed by atoms with Crippen LogP contribution in [0, 0.1) is 20.8 Å². The highest BCUT2D eigenvalue weighted by atomic mass is 19.4. The van der Waals surface area contributed by atoms with Crippen molar-refractivity contribution in [3.05, 3.63) is 87.1 Å². The number of carbonyl (C=O) groups excluding carboxylic acids is 1. The van der Waals surface area contributed by atoms with E-state index >= 15 is 0 Å². The number of benzene rings is 1. The zero-order valence-corrected chi connectivity index (χ0v) is 19.3. The van der Waals surface area contributed by atoms with E-state index in [1.165, 1.54) is 6.20 Å². The summed E-state index contributed by atoms with van der Waals surface area (Å²) in [4.78, 5) is 40.5. The molecule has 0 bridgehead atoms. The fraction of sp³-hybridized carbons (Fsp3) is 0.280. The Morgan fingerprint density at radius 1 is 1.11 bits per heavy atom. The summed E-state index contributed by atoms with van der Waals surface area (Å²) in [6.07, 6.45) is -3.16. The van der Waals surface area contributed by atoms with Gasteiger partial charge in [-0.1, -0.05) is 18.2 Å². The second-order valence-electron chi connectivity index (χ2n) is 8.27. The van der Waals surface area contributed by atoms with Gasteiger partial charge in [-0.3, -0.25) is 19.4 Å². The molecule has 1 unspecified atom stereocenters. The Labute approximate surface area is 199 Å². The van der Waals surface area contributed by atoms with Crippen LogP contribution in [-0.2, 0) is 22.3 Å². The van der Waals surface area contributed by atoms with E-state index in [0.29, 0.717) is 28.1 Å². The number of nitrogens with zero attached hydrogens (tertiary/aromatic N) is 2. The van der Waals surface area contributed by atoms with Crippen LogP contribution in [0.5, 0.6) is 0 Å². The number of carbonyl (C=O) groups is 2. The summed E-state index contributed by atoms with van der Waals surface area (Å²) in [6, 6.07) is 7.90. The number of hydrogen-bond donors (Lipinski definition) is 2. The van der Waals surface area contributed by atoms with E-state index in [2.05, 4.69) is 10.3 Å². The molecule has 184 valence electrons. The highest BCUT2D eigenvalue weighted by Crippen LogP contribution is 2.32. The van der Waals surface area contributed by atoms with E-state index < -0.39 is 48.2 Å². The summed E-state index contributed by atoms with van der Waals surface area (Å²) >= 11 is 0. The highest BCUT2D eigenvalue weighted by Gasteiger charge is 2.31. The molecule has 0 radical (unpaired) electrons. The monoisotopic (exact) mass is 487 g/mol. The number of amides is 1. The topological polar surface area (TPSA) is 101 Å². The molecule has 3 rings (SSSR count). The molecule has 7 nitrogen and oxygen atoms in total. The van der Waals surface area contributed by atoms with Crippen molar-refractivity contribution >= 4 is 11.9 Å². The first-order valence-electron chi connectivity index (χ1n) is 10.7. The summed E-state index contributed by atoms with van der Waals surface area (Å²) < 4.78 is 39.6. The molecule has 1 aromatic carbocycles. The molecular formula is C25H24F3N3O4. The molecule has 2 heterocycles. The van der Waals surface area contributed by atoms with Gasteiger partial charge in [-0.25, -0.2) is 0 Å². The lowest BCUT2D eigenvalue weighted by Gasteiger charge is -2.20. The normalized spacial score (nSPS) is 12.3. The zero-order valence-electron chi connectivity index (χ0n) is 19.3. The Hall–Kier alpha value is -3.95. The SMILES string of the molecule is Cc1cccc(C)c1-c1cc(C(CC(=O)O)NC(=O)Cn2cc(C(F)(F)F)ccc2=O)cnc1C. The molecule has 35 heavy (non-hydrogen) atoms. The van der Waals surface area contributed by atoms with Crippen LogP contribution < -0.4 is 10.9 Å². The van der Waals surface area contributed by atoms with Crippen molar-refractivity contribution in [3.8, 4) is 11.1 Å². The number of hydrogen-bond acceptors (Lipinski definition) is 4. The number of nitrogens with one attached hydrogen (secondary N) is 1. The van der Waals surface area contributed by atoms with Gasteiger partial charge in [0.2, 0.25) is 5.91 Å². The van der Waals surface area contributed by atoms with Gasteiger partial charge in [0.1, 0.15) is 6.54 Å². The summed E-state index contributed by atoms with van der Waals surface area (Å²) in [5.74, 6) is -2.01. The van der Waals surface area contributed by atoms with E-state index in [0.717, 1.165) is 28.3 Å². The lowest BCUT2D eigenvalue weighted by Crippen LogP contribution is -2.35. The van der Waals surface area contributed by atoms with Gasteiger partial charge in [-0.05, 0) is 55.2 Å². The number of aliphatic carboxylic acids is 1. The predicted octanol–water partition coefficient (Wildman–Crippen LogP) is 4.19. The molecule has 0 spiro atoms. The van der Waals surface area contributed by atoms with E-state index in [1.54, 1.807) is 6.07 Å². The van der Waals surface area contributed by atoms with Crippen LogP contribution in [0.4, 0.5) is 13.2 Å². The van der Waals surface area contributed by atoms with Gasteiger partial charge >= 0.3 is 12.1 Å². The lowest BCUT2D eigenvalue weighted by molar-refractivity contribution is -0.139. The number of carboxylic acids is 1. The molecule has 0 fully saturated rings. The van der Waals surface area contributed by atoms with Crippen molar-refractivity contribution in [3.63, 3.8) is 0 Å². The number of carboxylic acid groups (broad SMARTS) is 1. The fourth-order valence-electron chi connectivity index (χ4n) is 3.88. The minimum absolute atomic E-state index is 0.417. The van der Waals surface area contributed by atoms with Crippen molar-refractivity contribution < 1.29 is 27.9 Å². The maximum Gasteiger partial charge on any atom is 0.417 e. The molecule has 10 heteroatoms. The van der Waals surface area contributed by atoms with Crippen molar-refractivity contribution in [1.29, 1.82) is 0 Å². The zero-order chi connectivity index (χ0) is 25.9. The number of aryl methyl sites for hydroxylation is 3. The van der Waals surface area contributed by atoms with Crippen LogP contribution in [-0.4, -0.2) is 26.5 Å². The quantitative estimate of drug-likeness (QED) is 0.521. The molecule has 3 aromatic rings. The fourth-order valence-corrected chi connectivity index (χ4v) is 3.88. The van der Waals surface area contributed by atoms with Crippen molar-refractivity contribution in [1.82, 2.24) is 14.9 Å². The van der Waals surface area contributed by atoms with Crippen LogP contribution in [0.3, 0.4) is 0 Å². The molecule has 2 aromatic heterocycles. The molecule has 1 amide bonds. The minimum Gasteiger partial charge on any atom is -0.481 e. The summed E-state index contributed by atoms with van der Waals surface area (Å²) in [7, 11) is 0. The van der Waals surface area contributed by atoms with Crippen molar-refractivity contribution in [2.75, 3.05) is 0 Å². The van der Waals surface area contributed by atoms with Crippen LogP contribution in [0.15, 0.2) is 53.6 Å². The molecule has 0 saturated heterocycles. The smallest absolute Gasteiger partial charge is 0.417 e. The Morgan fingerprint density at radius 3 is 2.37 bits per heavy atom. The van der Waals surface area contributed by atoms with E-state index in [1.807, 2.05) is 39.0 Å².